The average molecular weight is 295 g/mol. The van der Waals surface area contributed by atoms with E-state index in [4.69, 9.17) is 0 Å². The lowest BCUT2D eigenvalue weighted by Gasteiger charge is -2.28. The van der Waals surface area contributed by atoms with Gasteiger partial charge < -0.3 is 10.6 Å². The average Bonchev–Trinajstić information content (AvgIpc) is 2.89. The Balaban J connectivity index is 1.91. The van der Waals surface area contributed by atoms with Gasteiger partial charge in [-0.1, -0.05) is 53.0 Å². The molecular weight excluding hydrogens is 256 g/mol. The molecule has 0 aromatic carbocycles. The number of allylic oxidation sites excluding steroid dienone is 1. The van der Waals surface area contributed by atoms with Crippen molar-refractivity contribution in [2.24, 2.45) is 5.41 Å². The first-order chi connectivity index (χ1) is 9.89. The molecule has 1 aliphatic carbocycles. The quantitative estimate of drug-likeness (QED) is 0.554. The zero-order chi connectivity index (χ0) is 15.7. The Kier molecular flexibility index (Phi) is 8.39. The van der Waals surface area contributed by atoms with Crippen molar-refractivity contribution < 1.29 is 0 Å². The van der Waals surface area contributed by atoms with Crippen molar-refractivity contribution in [1.82, 2.24) is 10.6 Å². The SMILES string of the molecule is C=C(CCCCCCNC(C)C(C)(C)C)NC1CCCC1. The molecule has 21 heavy (non-hydrogen) atoms. The molecule has 1 atom stereocenters. The maximum absolute atomic E-state index is 4.18. The predicted molar refractivity (Wildman–Crippen MR) is 94.5 cm³/mol. The first-order valence-electron chi connectivity index (χ1n) is 9.07. The summed E-state index contributed by atoms with van der Waals surface area (Å²) in [6.45, 7) is 14.5. The standard InChI is InChI=1S/C19H38N2/c1-16(21-18-13-9-10-14-18)12-8-6-7-11-15-20-17(2)19(3,4)5/h17-18,20-21H,1,6-15H2,2-5H3. The van der Waals surface area contributed by atoms with E-state index in [0.29, 0.717) is 11.5 Å². The fourth-order valence-electron chi connectivity index (χ4n) is 2.87. The zero-order valence-electron chi connectivity index (χ0n) is 14.9. The minimum absolute atomic E-state index is 0.365. The van der Waals surface area contributed by atoms with Crippen molar-refractivity contribution in [3.63, 3.8) is 0 Å². The number of rotatable bonds is 10. The van der Waals surface area contributed by atoms with Gasteiger partial charge in [0.05, 0.1) is 0 Å². The fourth-order valence-corrected chi connectivity index (χ4v) is 2.87. The second kappa shape index (κ2) is 9.50. The third-order valence-electron chi connectivity index (χ3n) is 4.92. The molecule has 1 rings (SSSR count). The summed E-state index contributed by atoms with van der Waals surface area (Å²) in [5.74, 6) is 0. The molecule has 0 aliphatic heterocycles. The Bertz CT molecular complexity index is 284. The van der Waals surface area contributed by atoms with Crippen LogP contribution in [0.2, 0.25) is 0 Å². The van der Waals surface area contributed by atoms with Gasteiger partial charge in [0.1, 0.15) is 0 Å². The topological polar surface area (TPSA) is 24.1 Å². The first-order valence-corrected chi connectivity index (χ1v) is 9.07. The Morgan fingerprint density at radius 3 is 2.33 bits per heavy atom. The van der Waals surface area contributed by atoms with Gasteiger partial charge in [-0.3, -0.25) is 0 Å². The van der Waals surface area contributed by atoms with Crippen molar-refractivity contribution in [2.45, 2.75) is 97.6 Å². The molecule has 0 amide bonds. The van der Waals surface area contributed by atoms with Gasteiger partial charge in [-0.2, -0.15) is 0 Å². The summed E-state index contributed by atoms with van der Waals surface area (Å²) in [6.07, 6.45) is 11.9. The largest absolute Gasteiger partial charge is 0.386 e. The summed E-state index contributed by atoms with van der Waals surface area (Å²) in [7, 11) is 0. The van der Waals surface area contributed by atoms with Crippen LogP contribution in [-0.2, 0) is 0 Å². The third-order valence-corrected chi connectivity index (χ3v) is 4.92. The molecule has 1 aliphatic rings. The molecule has 0 aromatic heterocycles. The van der Waals surface area contributed by atoms with E-state index in [1.54, 1.807) is 0 Å². The monoisotopic (exact) mass is 294 g/mol. The maximum Gasteiger partial charge on any atom is 0.0258 e. The van der Waals surface area contributed by atoms with Crippen LogP contribution in [0, 0.1) is 5.41 Å². The van der Waals surface area contributed by atoms with Crippen molar-refractivity contribution >= 4 is 0 Å². The van der Waals surface area contributed by atoms with E-state index >= 15 is 0 Å². The normalized spacial score (nSPS) is 17.9. The fraction of sp³-hybridized carbons (Fsp3) is 0.895. The molecule has 0 saturated heterocycles. The van der Waals surface area contributed by atoms with Crippen LogP contribution in [0.1, 0.15) is 85.5 Å². The van der Waals surface area contributed by atoms with E-state index in [1.165, 1.54) is 57.1 Å². The predicted octanol–water partition coefficient (Wildman–Crippen LogP) is 5.01. The van der Waals surface area contributed by atoms with Gasteiger partial charge in [-0.15, -0.1) is 0 Å². The van der Waals surface area contributed by atoms with Gasteiger partial charge in [0.25, 0.3) is 0 Å². The van der Waals surface area contributed by atoms with Crippen LogP contribution in [0.15, 0.2) is 12.3 Å². The van der Waals surface area contributed by atoms with Crippen LogP contribution in [0.3, 0.4) is 0 Å². The maximum atomic E-state index is 4.18. The molecule has 0 bridgehead atoms. The van der Waals surface area contributed by atoms with Crippen molar-refractivity contribution in [3.05, 3.63) is 12.3 Å². The van der Waals surface area contributed by atoms with Gasteiger partial charge in [-0.05, 0) is 51.0 Å². The lowest BCUT2D eigenvalue weighted by Crippen LogP contribution is -2.38. The molecule has 0 radical (unpaired) electrons. The van der Waals surface area contributed by atoms with Crippen LogP contribution in [-0.4, -0.2) is 18.6 Å². The van der Waals surface area contributed by atoms with E-state index in [9.17, 15) is 0 Å². The Morgan fingerprint density at radius 2 is 1.71 bits per heavy atom. The second-order valence-corrected chi connectivity index (χ2v) is 7.94. The van der Waals surface area contributed by atoms with Crippen molar-refractivity contribution in [2.75, 3.05) is 6.54 Å². The molecule has 1 saturated carbocycles. The number of hydrogen-bond donors (Lipinski definition) is 2. The van der Waals surface area contributed by atoms with Gasteiger partial charge in [-0.25, -0.2) is 0 Å². The molecule has 2 heteroatoms. The molecular formula is C19H38N2. The second-order valence-electron chi connectivity index (χ2n) is 7.94. The Morgan fingerprint density at radius 1 is 1.10 bits per heavy atom. The van der Waals surface area contributed by atoms with Gasteiger partial charge in [0.2, 0.25) is 0 Å². The van der Waals surface area contributed by atoms with E-state index in [0.717, 1.165) is 19.0 Å². The number of hydrogen-bond acceptors (Lipinski definition) is 2. The van der Waals surface area contributed by atoms with Crippen molar-refractivity contribution in [3.8, 4) is 0 Å². The molecule has 1 fully saturated rings. The Hall–Kier alpha value is -0.500. The molecule has 2 N–H and O–H groups in total. The minimum Gasteiger partial charge on any atom is -0.386 e. The molecule has 0 aromatic rings. The summed E-state index contributed by atoms with van der Waals surface area (Å²) >= 11 is 0. The van der Waals surface area contributed by atoms with Crippen LogP contribution < -0.4 is 10.6 Å². The lowest BCUT2D eigenvalue weighted by molar-refractivity contribution is 0.285. The summed E-state index contributed by atoms with van der Waals surface area (Å²) in [4.78, 5) is 0. The van der Waals surface area contributed by atoms with Crippen LogP contribution >= 0.6 is 0 Å². The highest BCUT2D eigenvalue weighted by atomic mass is 14.9. The number of unbranched alkanes of at least 4 members (excludes halogenated alkanes) is 3. The van der Waals surface area contributed by atoms with Crippen molar-refractivity contribution in [1.29, 1.82) is 0 Å². The van der Waals surface area contributed by atoms with E-state index in [2.05, 4.69) is 44.9 Å². The van der Waals surface area contributed by atoms with Gasteiger partial charge in [0.15, 0.2) is 0 Å². The summed E-state index contributed by atoms with van der Waals surface area (Å²) in [6, 6.07) is 1.31. The summed E-state index contributed by atoms with van der Waals surface area (Å²) in [5, 5.41) is 7.25. The van der Waals surface area contributed by atoms with Crippen LogP contribution in [0.4, 0.5) is 0 Å². The van der Waals surface area contributed by atoms with E-state index < -0.39 is 0 Å². The highest BCUT2D eigenvalue weighted by molar-refractivity contribution is 4.94. The molecule has 0 spiro atoms. The molecule has 2 nitrogen and oxygen atoms in total. The molecule has 0 heterocycles. The van der Waals surface area contributed by atoms with E-state index in [1.807, 2.05) is 0 Å². The van der Waals surface area contributed by atoms with E-state index in [-0.39, 0.29) is 0 Å². The minimum atomic E-state index is 0.365. The lowest BCUT2D eigenvalue weighted by atomic mass is 9.88. The van der Waals surface area contributed by atoms with Gasteiger partial charge in [0, 0.05) is 17.8 Å². The number of nitrogens with one attached hydrogen (secondary N) is 2. The molecule has 124 valence electrons. The summed E-state index contributed by atoms with van der Waals surface area (Å²) in [5.41, 5.74) is 1.63. The zero-order valence-corrected chi connectivity index (χ0v) is 14.9. The van der Waals surface area contributed by atoms with Gasteiger partial charge >= 0.3 is 0 Å². The third kappa shape index (κ3) is 8.50. The van der Waals surface area contributed by atoms with Crippen LogP contribution in [0.25, 0.3) is 0 Å². The smallest absolute Gasteiger partial charge is 0.0258 e. The Labute approximate surface area is 133 Å². The first kappa shape index (κ1) is 18.5. The highest BCUT2D eigenvalue weighted by Crippen LogP contribution is 2.20. The molecule has 1 unspecified atom stereocenters. The highest BCUT2D eigenvalue weighted by Gasteiger charge is 2.18. The summed E-state index contributed by atoms with van der Waals surface area (Å²) < 4.78 is 0. The van der Waals surface area contributed by atoms with Crippen LogP contribution in [0.5, 0.6) is 0 Å².